The van der Waals surface area contributed by atoms with E-state index in [9.17, 15) is 5.11 Å². The van der Waals surface area contributed by atoms with Gasteiger partial charge in [0.05, 0.1) is 10.2 Å². The number of imidazole rings is 1. The van der Waals surface area contributed by atoms with Crippen molar-refractivity contribution < 1.29 is 5.11 Å². The van der Waals surface area contributed by atoms with Gasteiger partial charge in [-0.25, -0.2) is 9.97 Å². The SMILES string of the molecule is Cn1ccnc1C(O)C1CCCN(c2nc3ccccc3s2)C1. The molecule has 2 atom stereocenters. The van der Waals surface area contributed by atoms with Crippen LogP contribution < -0.4 is 4.90 Å². The highest BCUT2D eigenvalue weighted by Crippen LogP contribution is 2.34. The highest BCUT2D eigenvalue weighted by atomic mass is 32.1. The minimum Gasteiger partial charge on any atom is -0.385 e. The van der Waals surface area contributed by atoms with Crippen LogP contribution in [-0.4, -0.2) is 32.7 Å². The van der Waals surface area contributed by atoms with E-state index >= 15 is 0 Å². The number of aliphatic hydroxyl groups excluding tert-OH is 1. The third-order valence-electron chi connectivity index (χ3n) is 4.58. The molecule has 0 radical (unpaired) electrons. The quantitative estimate of drug-likeness (QED) is 0.803. The molecule has 3 aromatic rings. The molecule has 0 spiro atoms. The lowest BCUT2D eigenvalue weighted by atomic mass is 9.92. The van der Waals surface area contributed by atoms with E-state index in [1.807, 2.05) is 29.9 Å². The maximum Gasteiger partial charge on any atom is 0.186 e. The number of thiazole rings is 1. The van der Waals surface area contributed by atoms with Gasteiger partial charge < -0.3 is 14.6 Å². The molecule has 1 aliphatic rings. The number of anilines is 1. The Balaban J connectivity index is 1.56. The maximum atomic E-state index is 10.7. The van der Waals surface area contributed by atoms with Gasteiger partial charge in [-0.3, -0.25) is 0 Å². The van der Waals surface area contributed by atoms with Gasteiger partial charge in [0.25, 0.3) is 0 Å². The minimum atomic E-state index is -0.521. The summed E-state index contributed by atoms with van der Waals surface area (Å²) in [6.07, 6.45) is 5.20. The third-order valence-corrected chi connectivity index (χ3v) is 5.68. The second-order valence-corrected chi connectivity index (χ2v) is 7.16. The fourth-order valence-corrected chi connectivity index (χ4v) is 4.31. The third kappa shape index (κ3) is 2.72. The van der Waals surface area contributed by atoms with Crippen molar-refractivity contribution in [3.8, 4) is 0 Å². The number of hydrogen-bond donors (Lipinski definition) is 1. The van der Waals surface area contributed by atoms with Crippen molar-refractivity contribution in [1.82, 2.24) is 14.5 Å². The summed E-state index contributed by atoms with van der Waals surface area (Å²) in [5.41, 5.74) is 1.05. The Bertz CT molecular complexity index is 779. The maximum absolute atomic E-state index is 10.7. The van der Waals surface area contributed by atoms with Gasteiger partial charge in [-0.1, -0.05) is 23.5 Å². The van der Waals surface area contributed by atoms with Crippen LogP contribution in [0.25, 0.3) is 10.2 Å². The fourth-order valence-electron chi connectivity index (χ4n) is 3.31. The predicted octanol–water partition coefficient (Wildman–Crippen LogP) is 2.98. The Labute approximate surface area is 139 Å². The number of nitrogens with zero attached hydrogens (tertiary/aromatic N) is 4. The summed E-state index contributed by atoms with van der Waals surface area (Å²) < 4.78 is 3.12. The zero-order valence-electron chi connectivity index (χ0n) is 13.1. The molecular weight excluding hydrogens is 308 g/mol. The number of para-hydroxylation sites is 1. The summed E-state index contributed by atoms with van der Waals surface area (Å²) in [6, 6.07) is 8.24. The van der Waals surface area contributed by atoms with Crippen LogP contribution in [0, 0.1) is 5.92 Å². The second kappa shape index (κ2) is 5.94. The topological polar surface area (TPSA) is 54.2 Å². The van der Waals surface area contributed by atoms with Crippen LogP contribution in [0.3, 0.4) is 0 Å². The molecule has 1 fully saturated rings. The van der Waals surface area contributed by atoms with Crippen molar-refractivity contribution in [3.63, 3.8) is 0 Å². The Kier molecular flexibility index (Phi) is 3.79. The molecule has 23 heavy (non-hydrogen) atoms. The van der Waals surface area contributed by atoms with Gasteiger partial charge in [0.2, 0.25) is 0 Å². The number of hydrogen-bond acceptors (Lipinski definition) is 5. The van der Waals surface area contributed by atoms with Crippen molar-refractivity contribution >= 4 is 26.7 Å². The standard InChI is InChI=1S/C17H20N4OS/c1-20-10-8-18-16(20)15(22)12-5-4-9-21(11-12)17-19-13-6-2-3-7-14(13)23-17/h2-3,6-8,10,12,15,22H,4-5,9,11H2,1H3. The smallest absolute Gasteiger partial charge is 0.186 e. The van der Waals surface area contributed by atoms with Crippen molar-refractivity contribution in [2.75, 3.05) is 18.0 Å². The summed E-state index contributed by atoms with van der Waals surface area (Å²) in [5.74, 6) is 0.943. The molecule has 3 heterocycles. The lowest BCUT2D eigenvalue weighted by molar-refractivity contribution is 0.0875. The van der Waals surface area contributed by atoms with E-state index < -0.39 is 6.10 Å². The summed E-state index contributed by atoms with van der Waals surface area (Å²) in [5, 5.41) is 11.8. The van der Waals surface area contributed by atoms with Crippen LogP contribution in [0.4, 0.5) is 5.13 Å². The molecule has 2 unspecified atom stereocenters. The van der Waals surface area contributed by atoms with Gasteiger partial charge in [0.15, 0.2) is 5.13 Å². The molecule has 6 heteroatoms. The molecule has 1 saturated heterocycles. The number of aromatic nitrogens is 3. The van der Waals surface area contributed by atoms with Crippen LogP contribution in [-0.2, 0) is 7.05 Å². The highest BCUT2D eigenvalue weighted by molar-refractivity contribution is 7.22. The summed E-state index contributed by atoms with van der Waals surface area (Å²) in [6.45, 7) is 1.83. The molecular formula is C17H20N4OS. The summed E-state index contributed by atoms with van der Waals surface area (Å²) >= 11 is 1.73. The first-order valence-electron chi connectivity index (χ1n) is 7.98. The van der Waals surface area contributed by atoms with Crippen molar-refractivity contribution in [2.45, 2.75) is 18.9 Å². The number of piperidine rings is 1. The molecule has 1 aromatic carbocycles. The number of aliphatic hydroxyl groups is 1. The summed E-state index contributed by atoms with van der Waals surface area (Å²) in [7, 11) is 1.93. The van der Waals surface area contributed by atoms with Gasteiger partial charge in [-0.15, -0.1) is 0 Å². The van der Waals surface area contributed by atoms with Crippen LogP contribution in [0.15, 0.2) is 36.7 Å². The molecule has 0 amide bonds. The van der Waals surface area contributed by atoms with Gasteiger partial charge in [0, 0.05) is 38.4 Å². The van der Waals surface area contributed by atoms with E-state index in [0.29, 0.717) is 0 Å². The molecule has 0 aliphatic carbocycles. The normalized spacial score (nSPS) is 20.1. The number of benzene rings is 1. The van der Waals surface area contributed by atoms with Gasteiger partial charge >= 0.3 is 0 Å². The molecule has 4 rings (SSSR count). The van der Waals surface area contributed by atoms with Crippen molar-refractivity contribution in [3.05, 3.63) is 42.5 Å². The Hall–Kier alpha value is -1.92. The average molecular weight is 328 g/mol. The second-order valence-electron chi connectivity index (χ2n) is 6.15. The number of rotatable bonds is 3. The Morgan fingerprint density at radius 1 is 1.35 bits per heavy atom. The van der Waals surface area contributed by atoms with E-state index in [0.717, 1.165) is 42.4 Å². The first kappa shape index (κ1) is 14.7. The molecule has 120 valence electrons. The molecule has 2 aromatic heterocycles. The number of fused-ring (bicyclic) bond motifs is 1. The lowest BCUT2D eigenvalue weighted by Crippen LogP contribution is -2.38. The van der Waals surface area contributed by atoms with Crippen LogP contribution in [0.5, 0.6) is 0 Å². The van der Waals surface area contributed by atoms with Crippen molar-refractivity contribution in [2.24, 2.45) is 13.0 Å². The van der Waals surface area contributed by atoms with Gasteiger partial charge in [-0.2, -0.15) is 0 Å². The predicted molar refractivity (Wildman–Crippen MR) is 92.7 cm³/mol. The average Bonchev–Trinajstić information content (AvgIpc) is 3.20. The van der Waals surface area contributed by atoms with E-state index in [4.69, 9.17) is 4.98 Å². The van der Waals surface area contributed by atoms with E-state index in [1.54, 1.807) is 17.5 Å². The van der Waals surface area contributed by atoms with E-state index in [1.165, 1.54) is 4.70 Å². The van der Waals surface area contributed by atoms with Crippen LogP contribution in [0.1, 0.15) is 24.8 Å². The monoisotopic (exact) mass is 328 g/mol. The zero-order chi connectivity index (χ0) is 15.8. The molecule has 5 nitrogen and oxygen atoms in total. The van der Waals surface area contributed by atoms with Crippen molar-refractivity contribution in [1.29, 1.82) is 0 Å². The first-order chi connectivity index (χ1) is 11.2. The Morgan fingerprint density at radius 3 is 3.00 bits per heavy atom. The molecule has 1 N–H and O–H groups in total. The molecule has 0 bridgehead atoms. The number of aryl methyl sites for hydroxylation is 1. The zero-order valence-corrected chi connectivity index (χ0v) is 13.9. The van der Waals surface area contributed by atoms with Crippen LogP contribution >= 0.6 is 11.3 Å². The van der Waals surface area contributed by atoms with E-state index in [2.05, 4.69) is 22.0 Å². The largest absolute Gasteiger partial charge is 0.385 e. The van der Waals surface area contributed by atoms with Crippen LogP contribution in [0.2, 0.25) is 0 Å². The van der Waals surface area contributed by atoms with E-state index in [-0.39, 0.29) is 5.92 Å². The highest BCUT2D eigenvalue weighted by Gasteiger charge is 2.30. The lowest BCUT2D eigenvalue weighted by Gasteiger charge is -2.34. The van der Waals surface area contributed by atoms with Gasteiger partial charge in [-0.05, 0) is 25.0 Å². The molecule has 1 aliphatic heterocycles. The molecule has 0 saturated carbocycles. The summed E-state index contributed by atoms with van der Waals surface area (Å²) in [4.78, 5) is 11.4. The minimum absolute atomic E-state index is 0.192. The fraction of sp³-hybridized carbons (Fsp3) is 0.412. The first-order valence-corrected chi connectivity index (χ1v) is 8.80. The van der Waals surface area contributed by atoms with Gasteiger partial charge in [0.1, 0.15) is 11.9 Å². The Morgan fingerprint density at radius 2 is 2.22 bits per heavy atom.